The maximum Gasteiger partial charge on any atom is 0.433 e. The Balaban J connectivity index is 2.34. The number of amides is 1. The average Bonchev–Trinajstić information content (AvgIpc) is 2.53. The van der Waals surface area contributed by atoms with E-state index in [4.69, 9.17) is 15.7 Å². The fourth-order valence-electron chi connectivity index (χ4n) is 1.76. The molecule has 0 spiro atoms. The zero-order chi connectivity index (χ0) is 17.0. The summed E-state index contributed by atoms with van der Waals surface area (Å²) >= 11 is 0. The number of hydroxylamine groups is 1. The summed E-state index contributed by atoms with van der Waals surface area (Å²) in [5.74, 6) is -1.00. The Bertz CT molecular complexity index is 720. The molecule has 23 heavy (non-hydrogen) atoms. The molecule has 0 bridgehead atoms. The van der Waals surface area contributed by atoms with E-state index in [1.807, 2.05) is 0 Å². The zero-order valence-electron chi connectivity index (χ0n) is 11.6. The summed E-state index contributed by atoms with van der Waals surface area (Å²) in [6.07, 6.45) is -4.64. The van der Waals surface area contributed by atoms with Crippen molar-refractivity contribution in [1.82, 2.24) is 10.5 Å². The maximum atomic E-state index is 12.8. The van der Waals surface area contributed by atoms with E-state index in [1.54, 1.807) is 0 Å². The van der Waals surface area contributed by atoms with Crippen molar-refractivity contribution in [1.29, 1.82) is 0 Å². The van der Waals surface area contributed by atoms with E-state index in [9.17, 15) is 18.0 Å². The van der Waals surface area contributed by atoms with Crippen LogP contribution in [-0.4, -0.2) is 16.1 Å². The standard InChI is InChI=1S/C14H12F3N3O3/c15-14(16,17)11-4-8(7-18)5-12(19-11)23-10-3-1-2-9(6-10)13(21)20-22/h1-6,22H,7,18H2,(H,20,21). The number of hydrogen-bond donors (Lipinski definition) is 3. The first kappa shape index (κ1) is 16.7. The number of nitrogens with two attached hydrogens (primary N) is 1. The Morgan fingerprint density at radius 1 is 1.30 bits per heavy atom. The number of halogens is 3. The lowest BCUT2D eigenvalue weighted by atomic mass is 10.2. The van der Waals surface area contributed by atoms with E-state index in [-0.39, 0.29) is 29.3 Å². The SMILES string of the molecule is NCc1cc(Oc2cccc(C(=O)NO)c2)nc(C(F)(F)F)c1. The second-order valence-corrected chi connectivity index (χ2v) is 4.47. The van der Waals surface area contributed by atoms with Crippen LogP contribution in [-0.2, 0) is 12.7 Å². The van der Waals surface area contributed by atoms with Gasteiger partial charge in [-0.2, -0.15) is 13.2 Å². The quantitative estimate of drug-likeness (QED) is 0.592. The van der Waals surface area contributed by atoms with Crippen LogP contribution in [0.15, 0.2) is 36.4 Å². The first-order chi connectivity index (χ1) is 10.8. The number of nitrogens with zero attached hydrogens (tertiary/aromatic N) is 1. The highest BCUT2D eigenvalue weighted by molar-refractivity contribution is 5.93. The number of ether oxygens (including phenoxy) is 1. The second kappa shape index (κ2) is 6.63. The van der Waals surface area contributed by atoms with Gasteiger partial charge in [0, 0.05) is 18.2 Å². The van der Waals surface area contributed by atoms with Gasteiger partial charge in [0.1, 0.15) is 11.4 Å². The highest BCUT2D eigenvalue weighted by Crippen LogP contribution is 2.31. The van der Waals surface area contributed by atoms with Gasteiger partial charge in [-0.05, 0) is 29.8 Å². The lowest BCUT2D eigenvalue weighted by Gasteiger charge is -2.11. The number of carbonyl (C=O) groups excluding carboxylic acids is 1. The van der Waals surface area contributed by atoms with E-state index < -0.39 is 17.8 Å². The monoisotopic (exact) mass is 327 g/mol. The minimum Gasteiger partial charge on any atom is -0.439 e. The van der Waals surface area contributed by atoms with Crippen LogP contribution in [0.3, 0.4) is 0 Å². The van der Waals surface area contributed by atoms with E-state index >= 15 is 0 Å². The van der Waals surface area contributed by atoms with Crippen LogP contribution in [0.2, 0.25) is 0 Å². The highest BCUT2D eigenvalue weighted by atomic mass is 19.4. The van der Waals surface area contributed by atoms with Crippen LogP contribution in [0.5, 0.6) is 11.6 Å². The lowest BCUT2D eigenvalue weighted by molar-refractivity contribution is -0.141. The zero-order valence-corrected chi connectivity index (χ0v) is 11.6. The number of benzene rings is 1. The third-order valence-electron chi connectivity index (χ3n) is 2.81. The molecule has 0 unspecified atom stereocenters. The second-order valence-electron chi connectivity index (χ2n) is 4.47. The van der Waals surface area contributed by atoms with Gasteiger partial charge in [-0.15, -0.1) is 0 Å². The number of pyridine rings is 1. The lowest BCUT2D eigenvalue weighted by Crippen LogP contribution is -2.18. The minimum atomic E-state index is -4.64. The molecule has 1 aromatic heterocycles. The minimum absolute atomic E-state index is 0.0658. The molecule has 0 atom stereocenters. The molecule has 122 valence electrons. The first-order valence-electron chi connectivity index (χ1n) is 6.34. The molecule has 0 radical (unpaired) electrons. The molecule has 1 heterocycles. The number of nitrogens with one attached hydrogen (secondary N) is 1. The normalized spacial score (nSPS) is 11.2. The Morgan fingerprint density at radius 2 is 2.04 bits per heavy atom. The van der Waals surface area contributed by atoms with Crippen molar-refractivity contribution in [3.8, 4) is 11.6 Å². The summed E-state index contributed by atoms with van der Waals surface area (Å²) in [5, 5.41) is 8.57. The molecule has 0 fully saturated rings. The van der Waals surface area contributed by atoms with Crippen LogP contribution in [0, 0.1) is 0 Å². The van der Waals surface area contributed by atoms with Gasteiger partial charge in [0.15, 0.2) is 0 Å². The number of alkyl halides is 3. The van der Waals surface area contributed by atoms with Crippen LogP contribution in [0.25, 0.3) is 0 Å². The molecule has 0 saturated heterocycles. The smallest absolute Gasteiger partial charge is 0.433 e. The van der Waals surface area contributed by atoms with Crippen LogP contribution in [0.4, 0.5) is 13.2 Å². The Labute approximate surface area is 128 Å². The summed E-state index contributed by atoms with van der Waals surface area (Å²) in [4.78, 5) is 14.7. The number of rotatable bonds is 4. The van der Waals surface area contributed by atoms with Crippen molar-refractivity contribution < 1.29 is 27.9 Å². The van der Waals surface area contributed by atoms with Crippen molar-refractivity contribution in [2.24, 2.45) is 5.73 Å². The van der Waals surface area contributed by atoms with Crippen molar-refractivity contribution >= 4 is 5.91 Å². The maximum absolute atomic E-state index is 12.8. The van der Waals surface area contributed by atoms with Gasteiger partial charge in [-0.3, -0.25) is 10.0 Å². The van der Waals surface area contributed by atoms with Crippen molar-refractivity contribution in [3.63, 3.8) is 0 Å². The number of hydrogen-bond acceptors (Lipinski definition) is 5. The molecule has 1 amide bonds. The van der Waals surface area contributed by atoms with Gasteiger partial charge in [0.05, 0.1) is 0 Å². The van der Waals surface area contributed by atoms with Gasteiger partial charge >= 0.3 is 6.18 Å². The van der Waals surface area contributed by atoms with Crippen LogP contribution in [0.1, 0.15) is 21.6 Å². The summed E-state index contributed by atoms with van der Waals surface area (Å²) in [5.41, 5.74) is 5.96. The molecule has 1 aromatic carbocycles. The largest absolute Gasteiger partial charge is 0.439 e. The fourth-order valence-corrected chi connectivity index (χ4v) is 1.76. The number of carbonyl (C=O) groups is 1. The van der Waals surface area contributed by atoms with Crippen molar-refractivity contribution in [2.75, 3.05) is 0 Å². The van der Waals surface area contributed by atoms with E-state index in [2.05, 4.69) is 4.98 Å². The van der Waals surface area contributed by atoms with Crippen molar-refractivity contribution in [3.05, 3.63) is 53.2 Å². The van der Waals surface area contributed by atoms with E-state index in [0.29, 0.717) is 0 Å². The predicted octanol–water partition coefficient (Wildman–Crippen LogP) is 2.47. The van der Waals surface area contributed by atoms with Gasteiger partial charge in [-0.1, -0.05) is 6.07 Å². The van der Waals surface area contributed by atoms with Crippen LogP contribution < -0.4 is 16.0 Å². The van der Waals surface area contributed by atoms with Crippen molar-refractivity contribution in [2.45, 2.75) is 12.7 Å². The van der Waals surface area contributed by atoms with E-state index in [0.717, 1.165) is 6.07 Å². The molecule has 0 aliphatic heterocycles. The molecule has 6 nitrogen and oxygen atoms in total. The molecular formula is C14H12F3N3O3. The molecule has 4 N–H and O–H groups in total. The van der Waals surface area contributed by atoms with Gasteiger partial charge in [-0.25, -0.2) is 10.5 Å². The van der Waals surface area contributed by atoms with Gasteiger partial charge in [0.25, 0.3) is 5.91 Å². The Morgan fingerprint density at radius 3 is 2.65 bits per heavy atom. The summed E-state index contributed by atoms with van der Waals surface area (Å²) in [7, 11) is 0. The molecular weight excluding hydrogens is 315 g/mol. The average molecular weight is 327 g/mol. The molecule has 0 saturated carbocycles. The summed E-state index contributed by atoms with van der Waals surface area (Å²) in [6, 6.07) is 7.62. The van der Waals surface area contributed by atoms with Gasteiger partial charge in [0.2, 0.25) is 5.88 Å². The molecule has 2 rings (SSSR count). The third-order valence-corrected chi connectivity index (χ3v) is 2.81. The molecule has 0 aliphatic carbocycles. The summed E-state index contributed by atoms with van der Waals surface area (Å²) < 4.78 is 43.7. The Kier molecular flexibility index (Phi) is 4.82. The third kappa shape index (κ3) is 4.18. The predicted molar refractivity (Wildman–Crippen MR) is 72.9 cm³/mol. The van der Waals surface area contributed by atoms with E-state index in [1.165, 1.54) is 35.8 Å². The topological polar surface area (TPSA) is 97.5 Å². The van der Waals surface area contributed by atoms with Gasteiger partial charge < -0.3 is 10.5 Å². The van der Waals surface area contributed by atoms with Crippen LogP contribution >= 0.6 is 0 Å². The highest BCUT2D eigenvalue weighted by Gasteiger charge is 2.33. The first-order valence-corrected chi connectivity index (χ1v) is 6.34. The summed E-state index contributed by atoms with van der Waals surface area (Å²) in [6.45, 7) is -0.116. The molecule has 2 aromatic rings. The number of aromatic nitrogens is 1. The molecule has 0 aliphatic rings. The fraction of sp³-hybridized carbons (Fsp3) is 0.143. The molecule has 9 heteroatoms. The Hall–Kier alpha value is -2.65.